The number of allylic oxidation sites excluding steroid dienone is 6. The van der Waals surface area contributed by atoms with E-state index in [2.05, 4.69) is 449 Å². The van der Waals surface area contributed by atoms with Gasteiger partial charge in [0.05, 0.1) is 0 Å². The zero-order valence-electron chi connectivity index (χ0n) is 64.7. The number of hydrogen-bond acceptors (Lipinski definition) is 0. The van der Waals surface area contributed by atoms with Gasteiger partial charge in [0.1, 0.15) is 0 Å². The van der Waals surface area contributed by atoms with Crippen LogP contribution in [0.15, 0.2) is 449 Å². The van der Waals surface area contributed by atoms with E-state index in [0.29, 0.717) is 0 Å². The SMILES string of the molecule is c1ccc(-c2ccc(C3=C4C(=C(c5cccc6ccccc56)c5ccccc54)c4ccccc43)cc2)cc1.c1ccc(-c2cccc(C3=C4C(=C(c5cccc6ccccc56)c5ccccc54)c4ccccc43)c2)cc1.c1ccc2c(c1)C1=C(c3cccc4ccccc34)c3ccccc3C1=C2c1ccc(-c2cccc3ccccc23)cc1. The number of fused-ring (bicyclic) bond motifs is 19. The van der Waals surface area contributed by atoms with Crippen LogP contribution in [0.5, 0.6) is 0 Å². The Kier molecular flexibility index (Phi) is 16.4. The Labute approximate surface area is 687 Å². The maximum absolute atomic E-state index is 2.36. The Hall–Kier alpha value is -15.3. The summed E-state index contributed by atoms with van der Waals surface area (Å²) in [6.45, 7) is 0. The fraction of sp³-hybridized carbons (Fsp3) is 0. The first-order valence-corrected chi connectivity index (χ1v) is 41.0. The second-order valence-electron chi connectivity index (χ2n) is 31.3. The molecule has 0 N–H and O–H groups in total. The predicted molar refractivity (Wildman–Crippen MR) is 499 cm³/mol. The number of hydrogen-bond donors (Lipinski definition) is 0. The molecule has 0 aromatic heterocycles. The Balaban J connectivity index is 0.000000104. The van der Waals surface area contributed by atoms with Crippen LogP contribution >= 0.6 is 0 Å². The Bertz CT molecular complexity index is 7570. The van der Waals surface area contributed by atoms with Crippen LogP contribution in [0.1, 0.15) is 100 Å². The molecule has 0 bridgehead atoms. The quantitative estimate of drug-likeness (QED) is 0.135. The van der Waals surface area contributed by atoms with E-state index in [4.69, 9.17) is 0 Å². The molecule has 546 valence electrons. The topological polar surface area (TPSA) is 0 Å². The van der Waals surface area contributed by atoms with Crippen molar-refractivity contribution in [2.75, 3.05) is 0 Å². The average Bonchev–Trinajstić information content (AvgIpc) is 1.55. The summed E-state index contributed by atoms with van der Waals surface area (Å²) in [5.41, 5.74) is 47.2. The Morgan fingerprint density at radius 3 is 0.610 bits per heavy atom. The third kappa shape index (κ3) is 11.1. The van der Waals surface area contributed by atoms with Gasteiger partial charge in [-0.15, -0.1) is 0 Å². The van der Waals surface area contributed by atoms with Crippen molar-refractivity contribution in [3.8, 4) is 33.4 Å². The minimum atomic E-state index is 1.24. The first-order valence-electron chi connectivity index (χ1n) is 41.0. The summed E-state index contributed by atoms with van der Waals surface area (Å²) in [4.78, 5) is 0. The minimum Gasteiger partial charge on any atom is -0.0622 e. The zero-order chi connectivity index (χ0) is 77.7. The maximum Gasteiger partial charge on any atom is -0.000741 e. The van der Waals surface area contributed by atoms with Gasteiger partial charge in [0.2, 0.25) is 0 Å². The van der Waals surface area contributed by atoms with Gasteiger partial charge in [-0.05, 0) is 250 Å². The summed E-state index contributed by atoms with van der Waals surface area (Å²) in [6, 6.07) is 164. The van der Waals surface area contributed by atoms with E-state index in [-0.39, 0.29) is 0 Å². The first kappa shape index (κ1) is 68.3. The van der Waals surface area contributed by atoms with Gasteiger partial charge >= 0.3 is 0 Å². The fourth-order valence-corrected chi connectivity index (χ4v) is 20.0. The highest BCUT2D eigenvalue weighted by molar-refractivity contribution is 6.39. The molecule has 19 aromatic rings. The first-order chi connectivity index (χ1) is 58.6. The second kappa shape index (κ2) is 28.3. The second-order valence-corrected chi connectivity index (χ2v) is 31.3. The van der Waals surface area contributed by atoms with Gasteiger partial charge in [-0.3, -0.25) is 0 Å². The van der Waals surface area contributed by atoms with Gasteiger partial charge in [-0.1, -0.05) is 443 Å². The highest BCUT2D eigenvalue weighted by atomic mass is 14.4. The molecule has 25 rings (SSSR count). The van der Waals surface area contributed by atoms with Gasteiger partial charge in [0, 0.05) is 0 Å². The van der Waals surface area contributed by atoms with E-state index in [1.165, 1.54) is 243 Å². The van der Waals surface area contributed by atoms with Crippen molar-refractivity contribution < 1.29 is 0 Å². The molecular weight excluding hydrogens is 1420 g/mol. The molecule has 6 aliphatic rings. The van der Waals surface area contributed by atoms with Crippen molar-refractivity contribution in [1.29, 1.82) is 0 Å². The number of rotatable bonds is 9. The molecule has 0 unspecified atom stereocenters. The molecule has 19 aromatic carbocycles. The van der Waals surface area contributed by atoms with Crippen molar-refractivity contribution in [2.24, 2.45) is 0 Å². The van der Waals surface area contributed by atoms with Crippen LogP contribution in [0.4, 0.5) is 0 Å². The summed E-state index contributed by atoms with van der Waals surface area (Å²) in [7, 11) is 0. The lowest BCUT2D eigenvalue weighted by Gasteiger charge is -2.14. The molecule has 0 saturated carbocycles. The van der Waals surface area contributed by atoms with Gasteiger partial charge in [0.25, 0.3) is 0 Å². The van der Waals surface area contributed by atoms with Crippen molar-refractivity contribution in [2.45, 2.75) is 0 Å². The van der Waals surface area contributed by atoms with E-state index >= 15 is 0 Å². The van der Waals surface area contributed by atoms with Gasteiger partial charge in [-0.25, -0.2) is 0 Å². The Morgan fingerprint density at radius 2 is 0.271 bits per heavy atom. The molecule has 0 spiro atoms. The smallest absolute Gasteiger partial charge is 0.000741 e. The summed E-state index contributed by atoms with van der Waals surface area (Å²) >= 11 is 0. The summed E-state index contributed by atoms with van der Waals surface area (Å²) < 4.78 is 0. The molecule has 0 heterocycles. The molecule has 0 amide bonds. The zero-order valence-corrected chi connectivity index (χ0v) is 64.7. The van der Waals surface area contributed by atoms with Crippen LogP contribution in [0.25, 0.3) is 143 Å². The minimum absolute atomic E-state index is 1.24. The molecule has 6 aliphatic carbocycles. The van der Waals surface area contributed by atoms with Crippen LogP contribution in [0.2, 0.25) is 0 Å². The van der Waals surface area contributed by atoms with E-state index < -0.39 is 0 Å². The standard InChI is InChI=1S/C42H26.2C38H24/c1-3-15-31-27(11-1)13-9-21-32(31)29-23-25-30(26-24-29)39-35-17-5-7-19-37(35)42-40(36-18-6-8-20-38(36)41(39)42)34-22-10-14-28-12-2-4-16-33(28)34;1-2-12-25(13-3-1)27-16-10-17-28(24-27)35-31-19-6-8-21-33(31)38-36(32-20-7-9-22-34(32)37(35)38)30-23-11-15-26-14-4-5-18-29(26)30;1-2-11-25(12-3-1)26-21-23-28(24-22-26)35-31-16-6-8-18-33(31)38-36(32-17-7-9-19-34(32)37(35)38)30-20-10-14-27-13-4-5-15-29(27)30/h1-26H;2*1-24H. The van der Waals surface area contributed by atoms with Crippen molar-refractivity contribution in [1.82, 2.24) is 0 Å². The van der Waals surface area contributed by atoms with Crippen molar-refractivity contribution in [3.05, 3.63) is 549 Å². The predicted octanol–water partition coefficient (Wildman–Crippen LogP) is 30.4. The lowest BCUT2D eigenvalue weighted by molar-refractivity contribution is 1.52. The third-order valence-corrected chi connectivity index (χ3v) is 25.0. The van der Waals surface area contributed by atoms with Crippen molar-refractivity contribution in [3.63, 3.8) is 0 Å². The van der Waals surface area contributed by atoms with E-state index in [1.807, 2.05) is 0 Å². The van der Waals surface area contributed by atoms with Crippen LogP contribution in [0.3, 0.4) is 0 Å². The lowest BCUT2D eigenvalue weighted by Crippen LogP contribution is -1.93. The normalized spacial score (nSPS) is 13.6. The summed E-state index contributed by atoms with van der Waals surface area (Å²) in [6.07, 6.45) is 0. The van der Waals surface area contributed by atoms with E-state index in [1.54, 1.807) is 0 Å². The van der Waals surface area contributed by atoms with Crippen LogP contribution in [-0.4, -0.2) is 0 Å². The van der Waals surface area contributed by atoms with E-state index in [9.17, 15) is 0 Å². The Morgan fingerprint density at radius 1 is 0.0847 bits per heavy atom. The molecular formula is C118H74. The highest BCUT2D eigenvalue weighted by Gasteiger charge is 2.41. The average molecular weight is 1490 g/mol. The van der Waals surface area contributed by atoms with Crippen LogP contribution in [0, 0.1) is 0 Å². The third-order valence-electron chi connectivity index (χ3n) is 25.0. The largest absolute Gasteiger partial charge is 0.0622 e. The van der Waals surface area contributed by atoms with Gasteiger partial charge in [0.15, 0.2) is 0 Å². The number of benzene rings is 19. The fourth-order valence-electron chi connectivity index (χ4n) is 20.0. The summed E-state index contributed by atoms with van der Waals surface area (Å²) in [5, 5.41) is 10.3. The van der Waals surface area contributed by atoms with Gasteiger partial charge < -0.3 is 0 Å². The van der Waals surface area contributed by atoms with Crippen molar-refractivity contribution >= 4 is 110 Å². The lowest BCUT2D eigenvalue weighted by atomic mass is 9.89. The van der Waals surface area contributed by atoms with Crippen LogP contribution in [-0.2, 0) is 0 Å². The molecule has 0 nitrogen and oxygen atoms in total. The molecule has 0 aliphatic heterocycles. The monoisotopic (exact) mass is 1490 g/mol. The molecule has 0 radical (unpaired) electrons. The summed E-state index contributed by atoms with van der Waals surface area (Å²) in [5.74, 6) is 0. The molecule has 118 heavy (non-hydrogen) atoms. The molecule has 0 fully saturated rings. The molecule has 0 atom stereocenters. The molecule has 0 saturated heterocycles. The van der Waals surface area contributed by atoms with E-state index in [0.717, 1.165) is 0 Å². The highest BCUT2D eigenvalue weighted by Crippen LogP contribution is 2.63. The molecule has 0 heteroatoms. The van der Waals surface area contributed by atoms with Crippen LogP contribution < -0.4 is 0 Å². The van der Waals surface area contributed by atoms with Gasteiger partial charge in [-0.2, -0.15) is 0 Å². The maximum atomic E-state index is 2.36.